The van der Waals surface area contributed by atoms with Crippen LogP contribution in [0, 0.1) is 0 Å². The Labute approximate surface area is 308 Å². The molecule has 0 spiro atoms. The number of hydrogen-bond acceptors (Lipinski definition) is 4. The summed E-state index contributed by atoms with van der Waals surface area (Å²) in [6.45, 7) is 4.77. The van der Waals surface area contributed by atoms with E-state index >= 15 is 0 Å². The van der Waals surface area contributed by atoms with Crippen LogP contribution in [-0.2, 0) is 5.41 Å². The van der Waals surface area contributed by atoms with Crippen LogP contribution in [0.15, 0.2) is 171 Å². The van der Waals surface area contributed by atoms with E-state index in [0.29, 0.717) is 0 Å². The van der Waals surface area contributed by atoms with Crippen LogP contribution in [0.25, 0.3) is 23.3 Å². The molecule has 0 saturated heterocycles. The molecule has 0 aromatic heterocycles. The summed E-state index contributed by atoms with van der Waals surface area (Å²) in [7, 11) is 0. The van der Waals surface area contributed by atoms with Gasteiger partial charge in [0.05, 0.1) is 22.8 Å². The molecule has 0 fully saturated rings. The molecule has 0 unspecified atom stereocenters. The molecule has 0 saturated carbocycles. The highest BCUT2D eigenvalue weighted by atomic mass is 32.2. The second-order valence-corrected chi connectivity index (χ2v) is 16.3. The van der Waals surface area contributed by atoms with Gasteiger partial charge in [-0.1, -0.05) is 128 Å². The molecule has 6 aromatic rings. The molecule has 0 N–H and O–H groups in total. The molecule has 0 atom stereocenters. The van der Waals surface area contributed by atoms with Crippen molar-refractivity contribution in [2.24, 2.45) is 0 Å². The molecule has 4 aliphatic rings. The lowest BCUT2D eigenvalue weighted by Crippen LogP contribution is -2.22. The third kappa shape index (κ3) is 5.04. The van der Waals surface area contributed by atoms with Crippen molar-refractivity contribution in [3.05, 3.63) is 178 Å². The maximum atomic E-state index is 2.48. The van der Waals surface area contributed by atoms with Crippen LogP contribution >= 0.6 is 23.5 Å². The Morgan fingerprint density at radius 2 is 1.10 bits per heavy atom. The fraction of sp³-hybridized carbons (Fsp3) is 0.106. The first-order valence-corrected chi connectivity index (χ1v) is 19.4. The number of hydrogen-bond donors (Lipinski definition) is 0. The first-order chi connectivity index (χ1) is 25.0. The molecule has 4 heteroatoms. The number of nitrogens with zero attached hydrogens (tertiary/aromatic N) is 2. The highest BCUT2D eigenvalue weighted by Crippen LogP contribution is 2.54. The van der Waals surface area contributed by atoms with Gasteiger partial charge in [0, 0.05) is 36.4 Å². The fourth-order valence-electron chi connectivity index (χ4n) is 8.10. The zero-order valence-electron chi connectivity index (χ0n) is 28.6. The van der Waals surface area contributed by atoms with Crippen molar-refractivity contribution in [1.29, 1.82) is 0 Å². The quantitative estimate of drug-likeness (QED) is 0.169. The molecular formula is C47H36N2S2. The van der Waals surface area contributed by atoms with Gasteiger partial charge in [0.2, 0.25) is 0 Å². The predicted molar refractivity (Wildman–Crippen MR) is 218 cm³/mol. The van der Waals surface area contributed by atoms with Gasteiger partial charge in [0.15, 0.2) is 0 Å². The van der Waals surface area contributed by atoms with Crippen molar-refractivity contribution in [3.8, 4) is 11.1 Å². The average Bonchev–Trinajstić information content (AvgIpc) is 3.40. The van der Waals surface area contributed by atoms with Gasteiger partial charge in [-0.25, -0.2) is 0 Å². The highest BCUT2D eigenvalue weighted by Gasteiger charge is 2.37. The number of fused-ring (bicyclic) bond motifs is 6. The van der Waals surface area contributed by atoms with Gasteiger partial charge in [-0.15, -0.1) is 0 Å². The van der Waals surface area contributed by atoms with Gasteiger partial charge < -0.3 is 9.80 Å². The molecule has 2 aliphatic carbocycles. The van der Waals surface area contributed by atoms with Crippen LogP contribution in [0.1, 0.15) is 48.9 Å². The van der Waals surface area contributed by atoms with Crippen molar-refractivity contribution in [3.63, 3.8) is 0 Å². The second-order valence-electron chi connectivity index (χ2n) is 14.1. The second kappa shape index (κ2) is 12.0. The molecule has 0 radical (unpaired) electrons. The summed E-state index contributed by atoms with van der Waals surface area (Å²) in [6.07, 6.45) is 11.4. The van der Waals surface area contributed by atoms with Crippen LogP contribution in [0.4, 0.5) is 28.4 Å². The van der Waals surface area contributed by atoms with Crippen molar-refractivity contribution in [1.82, 2.24) is 0 Å². The highest BCUT2D eigenvalue weighted by molar-refractivity contribution is 8.03. The van der Waals surface area contributed by atoms with Crippen molar-refractivity contribution in [2.75, 3.05) is 9.80 Å². The van der Waals surface area contributed by atoms with E-state index in [1.807, 2.05) is 23.5 Å². The minimum absolute atomic E-state index is 0.116. The number of para-hydroxylation sites is 3. The Hall–Kier alpha value is -5.16. The Balaban J connectivity index is 0.943. The van der Waals surface area contributed by atoms with Gasteiger partial charge in [-0.2, -0.15) is 0 Å². The predicted octanol–water partition coefficient (Wildman–Crippen LogP) is 13.9. The van der Waals surface area contributed by atoms with Crippen molar-refractivity contribution in [2.45, 2.75) is 46.8 Å². The van der Waals surface area contributed by atoms with Gasteiger partial charge in [0.1, 0.15) is 0 Å². The zero-order valence-corrected chi connectivity index (χ0v) is 30.3. The Morgan fingerprint density at radius 3 is 1.80 bits per heavy atom. The molecule has 2 nitrogen and oxygen atoms in total. The van der Waals surface area contributed by atoms with E-state index < -0.39 is 0 Å². The number of benzene rings is 6. The summed E-state index contributed by atoms with van der Waals surface area (Å²) in [5, 5.41) is 0. The van der Waals surface area contributed by atoms with E-state index in [-0.39, 0.29) is 5.41 Å². The molecule has 2 aliphatic heterocycles. The minimum Gasteiger partial charge on any atom is -0.309 e. The Morgan fingerprint density at radius 1 is 0.549 bits per heavy atom. The maximum absolute atomic E-state index is 2.48. The lowest BCUT2D eigenvalue weighted by molar-refractivity contribution is 0.660. The molecule has 2 heterocycles. The average molecular weight is 693 g/mol. The van der Waals surface area contributed by atoms with Crippen LogP contribution < -0.4 is 9.80 Å². The first-order valence-electron chi connectivity index (χ1n) is 17.7. The van der Waals surface area contributed by atoms with Crippen molar-refractivity contribution >= 4 is 64.1 Å². The van der Waals surface area contributed by atoms with Crippen LogP contribution in [0.5, 0.6) is 0 Å². The standard InChI is InChI=1S/C47H36N2S2/c1-47(2)37-29-32(20-19-31-21-24-33(25-22-31)48-39-11-3-7-15-43(39)50-44-16-8-4-12-40(44)48)23-27-35(37)36-28-26-34(30-38(36)47)49-41-13-5-9-17-45(41)51-46-18-10-6-14-42(46)49/h3-9,11-17,19-30H,10,18H2,1-2H3/b20-19+. The number of thioether (sulfide) groups is 1. The van der Waals surface area contributed by atoms with E-state index in [4.69, 9.17) is 0 Å². The molecule has 246 valence electrons. The van der Waals surface area contributed by atoms with Crippen LogP contribution in [0.3, 0.4) is 0 Å². The lowest BCUT2D eigenvalue weighted by atomic mass is 9.81. The summed E-state index contributed by atoms with van der Waals surface area (Å²) in [5.41, 5.74) is 15.2. The SMILES string of the molecule is CC1(C)c2cc(/C=C/c3ccc(N4c5ccccc5Sc5ccccc54)cc3)ccc2-c2ccc(N3C4=C(CCC=C4)Sc4ccccc43)cc21. The van der Waals surface area contributed by atoms with Gasteiger partial charge >= 0.3 is 0 Å². The van der Waals surface area contributed by atoms with Gasteiger partial charge in [0.25, 0.3) is 0 Å². The Bertz CT molecular complexity index is 2420. The summed E-state index contributed by atoms with van der Waals surface area (Å²) in [5.74, 6) is 0. The molecule has 6 aromatic carbocycles. The van der Waals surface area contributed by atoms with Gasteiger partial charge in [-0.05, 0) is 113 Å². The third-order valence-corrected chi connectivity index (χ3v) is 13.0. The van der Waals surface area contributed by atoms with Crippen LogP contribution in [0.2, 0.25) is 0 Å². The zero-order chi connectivity index (χ0) is 34.1. The molecule has 10 rings (SSSR count). The normalized spacial score (nSPS) is 16.4. The monoisotopic (exact) mass is 692 g/mol. The largest absolute Gasteiger partial charge is 0.309 e. The van der Waals surface area contributed by atoms with E-state index in [1.165, 1.54) is 87.1 Å². The summed E-state index contributed by atoms with van der Waals surface area (Å²) >= 11 is 3.78. The van der Waals surface area contributed by atoms with E-state index in [9.17, 15) is 0 Å². The lowest BCUT2D eigenvalue weighted by Gasteiger charge is -2.36. The van der Waals surface area contributed by atoms with Crippen molar-refractivity contribution < 1.29 is 0 Å². The fourth-order valence-corrected chi connectivity index (χ4v) is 10.3. The first kappa shape index (κ1) is 30.6. The third-order valence-electron chi connectivity index (χ3n) is 10.7. The Kier molecular flexibility index (Phi) is 7.19. The molecule has 0 amide bonds. The van der Waals surface area contributed by atoms with E-state index in [2.05, 4.69) is 181 Å². The van der Waals surface area contributed by atoms with Gasteiger partial charge in [-0.3, -0.25) is 0 Å². The number of anilines is 5. The molecular weight excluding hydrogens is 657 g/mol. The summed E-state index contributed by atoms with van der Waals surface area (Å²) < 4.78 is 0. The molecule has 0 bridgehead atoms. The number of allylic oxidation sites excluding steroid dienone is 3. The topological polar surface area (TPSA) is 6.48 Å². The summed E-state index contributed by atoms with van der Waals surface area (Å²) in [6, 6.07) is 49.2. The molecule has 51 heavy (non-hydrogen) atoms. The smallest absolute Gasteiger partial charge is 0.0601 e. The van der Waals surface area contributed by atoms with Crippen LogP contribution in [-0.4, -0.2) is 0 Å². The van der Waals surface area contributed by atoms with E-state index in [1.54, 1.807) is 0 Å². The van der Waals surface area contributed by atoms with E-state index in [0.717, 1.165) is 12.8 Å². The minimum atomic E-state index is -0.116. The number of rotatable bonds is 4. The summed E-state index contributed by atoms with van der Waals surface area (Å²) in [4.78, 5) is 10.2. The maximum Gasteiger partial charge on any atom is 0.0601 e.